The van der Waals surface area contributed by atoms with Crippen molar-refractivity contribution in [3.8, 4) is 56.0 Å². The van der Waals surface area contributed by atoms with Crippen LogP contribution in [0.25, 0.3) is 44.5 Å². The predicted octanol–water partition coefficient (Wildman–Crippen LogP) is 7.81. The Labute approximate surface area is 246 Å². The molecule has 3 heteroatoms. The van der Waals surface area contributed by atoms with Crippen molar-refractivity contribution in [2.45, 2.75) is 0 Å². The van der Waals surface area contributed by atoms with Crippen LogP contribution in [-0.4, -0.2) is 23.1 Å². The molecule has 6 rings (SSSR count). The molecule has 0 aliphatic heterocycles. The van der Waals surface area contributed by atoms with Gasteiger partial charge in [0.1, 0.15) is 0 Å². The monoisotopic (exact) mass is 514 g/mol. The summed E-state index contributed by atoms with van der Waals surface area (Å²) in [5.74, 6) is 0.125. The van der Waals surface area contributed by atoms with Gasteiger partial charge in [0.05, 0.1) is 0 Å². The number of hydrogen-bond donors (Lipinski definition) is 0. The Balaban J connectivity index is 0.000000176. The molecular formula is C36H26MgO2. The SMILES string of the molecule is [Mg+2].[O-]c1cccc(-c2ccccc2)c1-c1ccccc1.[O-]c1cccc(-c2ccccc2)c1-c1ccccc1. The smallest absolute Gasteiger partial charge is 0.872 e. The Hall–Kier alpha value is -4.31. The minimum Gasteiger partial charge on any atom is -0.872 e. The maximum atomic E-state index is 12.2. The molecule has 0 amide bonds. The van der Waals surface area contributed by atoms with E-state index >= 15 is 0 Å². The van der Waals surface area contributed by atoms with Crippen LogP contribution in [0.3, 0.4) is 0 Å². The Morgan fingerprint density at radius 1 is 0.282 bits per heavy atom. The van der Waals surface area contributed by atoms with Crippen molar-refractivity contribution >= 4 is 23.1 Å². The van der Waals surface area contributed by atoms with Gasteiger partial charge in [0, 0.05) is 0 Å². The summed E-state index contributed by atoms with van der Waals surface area (Å²) in [7, 11) is 0. The van der Waals surface area contributed by atoms with Gasteiger partial charge in [-0.05, 0) is 44.5 Å². The van der Waals surface area contributed by atoms with E-state index in [9.17, 15) is 10.2 Å². The molecule has 0 radical (unpaired) electrons. The van der Waals surface area contributed by atoms with Crippen molar-refractivity contribution in [3.63, 3.8) is 0 Å². The van der Waals surface area contributed by atoms with Crippen LogP contribution in [0.2, 0.25) is 0 Å². The Kier molecular flexibility index (Phi) is 9.57. The largest absolute Gasteiger partial charge is 2.00 e. The normalized spacial score (nSPS) is 10.1. The zero-order chi connectivity index (χ0) is 26.2. The molecule has 0 fully saturated rings. The van der Waals surface area contributed by atoms with Crippen LogP contribution in [0.1, 0.15) is 0 Å². The molecule has 0 aromatic heterocycles. The molecule has 0 aliphatic carbocycles. The number of benzene rings is 6. The molecule has 6 aromatic rings. The minimum atomic E-state index is 0. The molecule has 0 saturated heterocycles. The fraction of sp³-hybridized carbons (Fsp3) is 0. The summed E-state index contributed by atoms with van der Waals surface area (Å²) in [6, 6.07) is 50.5. The molecule has 0 atom stereocenters. The molecule has 0 spiro atoms. The summed E-state index contributed by atoms with van der Waals surface area (Å²) >= 11 is 0. The van der Waals surface area contributed by atoms with E-state index in [-0.39, 0.29) is 34.6 Å². The van der Waals surface area contributed by atoms with E-state index in [4.69, 9.17) is 0 Å². The van der Waals surface area contributed by atoms with Crippen molar-refractivity contribution in [3.05, 3.63) is 158 Å². The van der Waals surface area contributed by atoms with Gasteiger partial charge < -0.3 is 10.2 Å². The van der Waals surface area contributed by atoms with E-state index in [1.807, 2.05) is 146 Å². The molecule has 2 nitrogen and oxygen atoms in total. The zero-order valence-electron chi connectivity index (χ0n) is 21.5. The van der Waals surface area contributed by atoms with Crippen LogP contribution in [0.15, 0.2) is 158 Å². The summed E-state index contributed by atoms with van der Waals surface area (Å²) in [6.07, 6.45) is 0. The van der Waals surface area contributed by atoms with E-state index in [1.54, 1.807) is 12.1 Å². The first-order chi connectivity index (χ1) is 18.7. The van der Waals surface area contributed by atoms with Crippen molar-refractivity contribution in [1.29, 1.82) is 0 Å². The van der Waals surface area contributed by atoms with Gasteiger partial charge in [0.15, 0.2) is 0 Å². The van der Waals surface area contributed by atoms with Gasteiger partial charge in [-0.25, -0.2) is 0 Å². The molecule has 0 bridgehead atoms. The standard InChI is InChI=1S/2C18H14O.Mg/c2*19-17-13-7-12-16(14-8-3-1-4-9-14)18(17)15-10-5-2-6-11-15;/h2*1-13,19H;/q;;+2/p-2. The zero-order valence-corrected chi connectivity index (χ0v) is 22.9. The maximum absolute atomic E-state index is 12.2. The third-order valence-electron chi connectivity index (χ3n) is 6.35. The van der Waals surface area contributed by atoms with Gasteiger partial charge in [-0.15, -0.1) is 11.5 Å². The van der Waals surface area contributed by atoms with Crippen LogP contribution in [0.4, 0.5) is 0 Å². The molecular weight excluding hydrogens is 489 g/mol. The second kappa shape index (κ2) is 13.5. The summed E-state index contributed by atoms with van der Waals surface area (Å²) < 4.78 is 0. The van der Waals surface area contributed by atoms with Gasteiger partial charge in [-0.2, -0.15) is 0 Å². The number of rotatable bonds is 4. The molecule has 6 aromatic carbocycles. The summed E-state index contributed by atoms with van der Waals surface area (Å²) in [4.78, 5) is 0. The topological polar surface area (TPSA) is 46.1 Å². The predicted molar refractivity (Wildman–Crippen MR) is 159 cm³/mol. The third kappa shape index (κ3) is 6.58. The summed E-state index contributed by atoms with van der Waals surface area (Å²) in [6.45, 7) is 0. The van der Waals surface area contributed by atoms with Crippen LogP contribution < -0.4 is 10.2 Å². The Morgan fingerprint density at radius 2 is 0.564 bits per heavy atom. The van der Waals surface area contributed by atoms with Crippen LogP contribution in [0, 0.1) is 0 Å². The first kappa shape index (κ1) is 27.7. The Morgan fingerprint density at radius 3 is 0.872 bits per heavy atom. The van der Waals surface area contributed by atoms with E-state index < -0.39 is 0 Å². The molecule has 184 valence electrons. The van der Waals surface area contributed by atoms with E-state index in [0.717, 1.165) is 44.5 Å². The van der Waals surface area contributed by atoms with Crippen molar-refractivity contribution in [2.75, 3.05) is 0 Å². The third-order valence-corrected chi connectivity index (χ3v) is 6.35. The second-order valence-electron chi connectivity index (χ2n) is 8.82. The van der Waals surface area contributed by atoms with Crippen molar-refractivity contribution in [1.82, 2.24) is 0 Å². The second-order valence-corrected chi connectivity index (χ2v) is 8.82. The molecule has 0 unspecified atom stereocenters. The molecule has 0 aliphatic rings. The summed E-state index contributed by atoms with van der Waals surface area (Å²) in [5, 5.41) is 24.4. The van der Waals surface area contributed by atoms with Gasteiger partial charge in [-0.3, -0.25) is 0 Å². The summed E-state index contributed by atoms with van der Waals surface area (Å²) in [5.41, 5.74) is 7.58. The van der Waals surface area contributed by atoms with Crippen molar-refractivity contribution in [2.24, 2.45) is 0 Å². The quantitative estimate of drug-likeness (QED) is 0.225. The average molecular weight is 515 g/mol. The number of hydrogen-bond acceptors (Lipinski definition) is 2. The fourth-order valence-corrected chi connectivity index (χ4v) is 4.58. The maximum Gasteiger partial charge on any atom is 2.00 e. The van der Waals surface area contributed by atoms with Crippen LogP contribution in [-0.2, 0) is 0 Å². The first-order valence-electron chi connectivity index (χ1n) is 12.5. The van der Waals surface area contributed by atoms with E-state index in [1.165, 1.54) is 0 Å². The van der Waals surface area contributed by atoms with Crippen LogP contribution >= 0.6 is 0 Å². The van der Waals surface area contributed by atoms with Crippen LogP contribution in [0.5, 0.6) is 11.5 Å². The Bertz CT molecular complexity index is 1480. The van der Waals surface area contributed by atoms with Gasteiger partial charge in [0.25, 0.3) is 0 Å². The van der Waals surface area contributed by atoms with E-state index in [2.05, 4.69) is 0 Å². The minimum absolute atomic E-state index is 0. The fourth-order valence-electron chi connectivity index (χ4n) is 4.58. The molecule has 39 heavy (non-hydrogen) atoms. The van der Waals surface area contributed by atoms with Gasteiger partial charge in [0.2, 0.25) is 0 Å². The van der Waals surface area contributed by atoms with E-state index in [0.29, 0.717) is 0 Å². The molecule has 0 N–H and O–H groups in total. The average Bonchev–Trinajstić information content (AvgIpc) is 2.99. The van der Waals surface area contributed by atoms with Gasteiger partial charge >= 0.3 is 23.1 Å². The van der Waals surface area contributed by atoms with Gasteiger partial charge in [-0.1, -0.05) is 158 Å². The molecule has 0 saturated carbocycles. The molecule has 0 heterocycles. The van der Waals surface area contributed by atoms with Crippen molar-refractivity contribution < 1.29 is 10.2 Å². The first-order valence-corrected chi connectivity index (χ1v) is 12.5.